The van der Waals surface area contributed by atoms with Crippen molar-refractivity contribution in [3.8, 4) is 0 Å². The first-order chi connectivity index (χ1) is 8.45. The van der Waals surface area contributed by atoms with E-state index < -0.39 is 5.97 Å². The quantitative estimate of drug-likeness (QED) is 0.635. The number of aryl methyl sites for hydroxylation is 2. The van der Waals surface area contributed by atoms with E-state index >= 15 is 0 Å². The molecule has 0 aliphatic heterocycles. The highest BCUT2D eigenvalue weighted by Gasteiger charge is 2.17. The summed E-state index contributed by atoms with van der Waals surface area (Å²) < 4.78 is 4.68. The Kier molecular flexibility index (Phi) is 3.13. The molecule has 2 N–H and O–H groups in total. The number of pyridine rings is 1. The minimum Gasteiger partial charge on any atom is -0.465 e. The Morgan fingerprint density at radius 1 is 1.39 bits per heavy atom. The van der Waals surface area contributed by atoms with Crippen LogP contribution in [0.5, 0.6) is 0 Å². The predicted molar refractivity (Wildman–Crippen MR) is 72.0 cm³/mol. The number of nitrogen functional groups attached to an aromatic ring is 1. The molecule has 0 saturated heterocycles. The lowest BCUT2D eigenvalue weighted by Gasteiger charge is -2.10. The lowest BCUT2D eigenvalue weighted by molar-refractivity contribution is 0.0602. The number of nitrogens with two attached hydrogens (primary N) is 1. The van der Waals surface area contributed by atoms with Gasteiger partial charge in [-0.2, -0.15) is 0 Å². The van der Waals surface area contributed by atoms with Crippen molar-refractivity contribution in [2.45, 2.75) is 13.8 Å². The van der Waals surface area contributed by atoms with Crippen LogP contribution >= 0.6 is 11.6 Å². The Bertz CT molecular complexity index is 653. The van der Waals surface area contributed by atoms with Gasteiger partial charge in [-0.25, -0.2) is 4.79 Å². The first-order valence-corrected chi connectivity index (χ1v) is 5.77. The fraction of sp³-hybridized carbons (Fsp3) is 0.231. The molecule has 0 aliphatic carbocycles. The molecule has 0 aliphatic rings. The first kappa shape index (κ1) is 12.6. The van der Waals surface area contributed by atoms with Crippen LogP contribution in [0.25, 0.3) is 10.9 Å². The van der Waals surface area contributed by atoms with Gasteiger partial charge in [-0.05, 0) is 31.5 Å². The molecule has 5 heteroatoms. The molecule has 0 atom stereocenters. The molecule has 1 aromatic heterocycles. The van der Waals surface area contributed by atoms with Gasteiger partial charge in [0.2, 0.25) is 0 Å². The second-order valence-corrected chi connectivity index (χ2v) is 4.48. The minimum atomic E-state index is -0.505. The summed E-state index contributed by atoms with van der Waals surface area (Å²) in [5.74, 6) is -0.505. The van der Waals surface area contributed by atoms with Crippen LogP contribution in [0.2, 0.25) is 5.02 Å². The third-order valence-electron chi connectivity index (χ3n) is 2.94. The van der Waals surface area contributed by atoms with E-state index in [0.29, 0.717) is 5.52 Å². The second-order valence-electron chi connectivity index (χ2n) is 4.11. The Morgan fingerprint density at radius 2 is 2.06 bits per heavy atom. The zero-order chi connectivity index (χ0) is 13.4. The van der Waals surface area contributed by atoms with E-state index in [1.807, 2.05) is 19.9 Å². The number of ether oxygens (including phenoxy) is 1. The molecule has 94 valence electrons. The Morgan fingerprint density at radius 3 is 2.67 bits per heavy atom. The van der Waals surface area contributed by atoms with Crippen LogP contribution in [-0.2, 0) is 4.74 Å². The van der Waals surface area contributed by atoms with E-state index in [1.54, 1.807) is 6.07 Å². The number of hydrogen-bond donors (Lipinski definition) is 1. The van der Waals surface area contributed by atoms with E-state index in [1.165, 1.54) is 7.11 Å². The van der Waals surface area contributed by atoms with Crippen molar-refractivity contribution in [1.29, 1.82) is 0 Å². The van der Waals surface area contributed by atoms with Gasteiger partial charge in [0.25, 0.3) is 0 Å². The number of aromatic nitrogens is 1. The van der Waals surface area contributed by atoms with Crippen molar-refractivity contribution in [1.82, 2.24) is 4.98 Å². The highest BCUT2D eigenvalue weighted by Crippen LogP contribution is 2.32. The minimum absolute atomic E-state index is 0.201. The molecule has 2 aromatic rings. The number of carbonyl (C=O) groups excluding carboxylic acids is 1. The molecular weight excluding hydrogens is 252 g/mol. The molecular formula is C13H13ClN2O2. The van der Waals surface area contributed by atoms with Crippen LogP contribution in [0.1, 0.15) is 21.6 Å². The van der Waals surface area contributed by atoms with E-state index in [9.17, 15) is 4.79 Å². The van der Waals surface area contributed by atoms with Crippen LogP contribution in [0.15, 0.2) is 12.1 Å². The molecule has 18 heavy (non-hydrogen) atoms. The smallest absolute Gasteiger partial charge is 0.340 e. The average Bonchev–Trinajstić information content (AvgIpc) is 2.35. The van der Waals surface area contributed by atoms with Crippen LogP contribution in [0.3, 0.4) is 0 Å². The van der Waals surface area contributed by atoms with E-state index in [4.69, 9.17) is 17.3 Å². The highest BCUT2D eigenvalue weighted by molar-refractivity contribution is 6.38. The van der Waals surface area contributed by atoms with Crippen molar-refractivity contribution in [3.05, 3.63) is 34.0 Å². The Hall–Kier alpha value is -1.81. The molecule has 0 spiro atoms. The van der Waals surface area contributed by atoms with Crippen molar-refractivity contribution < 1.29 is 9.53 Å². The van der Waals surface area contributed by atoms with Crippen molar-refractivity contribution >= 4 is 34.2 Å². The number of rotatable bonds is 1. The van der Waals surface area contributed by atoms with Crippen molar-refractivity contribution in [2.24, 2.45) is 0 Å². The zero-order valence-electron chi connectivity index (χ0n) is 10.4. The summed E-state index contributed by atoms with van der Waals surface area (Å²) in [7, 11) is 1.30. The summed E-state index contributed by atoms with van der Waals surface area (Å²) in [6.45, 7) is 3.85. The Balaban J connectivity index is 2.83. The molecule has 0 bridgehead atoms. The number of carbonyl (C=O) groups is 1. The molecule has 0 unspecified atom stereocenters. The standard InChI is InChI=1S/C13H13ClN2O2/c1-6-4-8-5-9(13(17)18-3)11(15)10(14)12(8)16-7(6)2/h4-5H,15H2,1-3H3. The Labute approximate surface area is 110 Å². The predicted octanol–water partition coefficient (Wildman–Crippen LogP) is 2.87. The zero-order valence-corrected chi connectivity index (χ0v) is 11.1. The summed E-state index contributed by atoms with van der Waals surface area (Å²) in [6, 6.07) is 3.58. The van der Waals surface area contributed by atoms with E-state index in [2.05, 4.69) is 9.72 Å². The summed E-state index contributed by atoms with van der Waals surface area (Å²) in [6.07, 6.45) is 0. The lowest BCUT2D eigenvalue weighted by Crippen LogP contribution is -2.07. The van der Waals surface area contributed by atoms with Crippen molar-refractivity contribution in [2.75, 3.05) is 12.8 Å². The fourth-order valence-corrected chi connectivity index (χ4v) is 2.02. The third-order valence-corrected chi connectivity index (χ3v) is 3.32. The number of benzene rings is 1. The molecule has 0 radical (unpaired) electrons. The summed E-state index contributed by atoms with van der Waals surface area (Å²) in [5.41, 5.74) is 8.82. The third kappa shape index (κ3) is 1.88. The van der Waals surface area contributed by atoms with Crippen LogP contribution in [0, 0.1) is 13.8 Å². The number of esters is 1. The van der Waals surface area contributed by atoms with Crippen LogP contribution < -0.4 is 5.73 Å². The van der Waals surface area contributed by atoms with E-state index in [0.717, 1.165) is 16.6 Å². The van der Waals surface area contributed by atoms with Gasteiger partial charge < -0.3 is 10.5 Å². The number of fused-ring (bicyclic) bond motifs is 1. The van der Waals surface area contributed by atoms with Crippen LogP contribution in [-0.4, -0.2) is 18.1 Å². The number of methoxy groups -OCH3 is 1. The van der Waals surface area contributed by atoms with Gasteiger partial charge in [0, 0.05) is 11.1 Å². The topological polar surface area (TPSA) is 65.2 Å². The molecule has 0 fully saturated rings. The molecule has 1 aromatic carbocycles. The van der Waals surface area contributed by atoms with Gasteiger partial charge in [-0.3, -0.25) is 4.98 Å². The largest absolute Gasteiger partial charge is 0.465 e. The number of nitrogens with zero attached hydrogens (tertiary/aromatic N) is 1. The summed E-state index contributed by atoms with van der Waals surface area (Å²) in [5, 5.41) is 1.06. The maximum absolute atomic E-state index is 11.6. The average molecular weight is 265 g/mol. The van der Waals surface area contributed by atoms with Gasteiger partial charge in [-0.1, -0.05) is 11.6 Å². The number of anilines is 1. The maximum atomic E-state index is 11.6. The highest BCUT2D eigenvalue weighted by atomic mass is 35.5. The van der Waals surface area contributed by atoms with E-state index in [-0.39, 0.29) is 16.3 Å². The van der Waals surface area contributed by atoms with Gasteiger partial charge in [0.1, 0.15) is 0 Å². The molecule has 4 nitrogen and oxygen atoms in total. The molecule has 2 rings (SSSR count). The van der Waals surface area contributed by atoms with Crippen LogP contribution in [0.4, 0.5) is 5.69 Å². The number of halogens is 1. The first-order valence-electron chi connectivity index (χ1n) is 5.40. The van der Waals surface area contributed by atoms with Gasteiger partial charge >= 0.3 is 5.97 Å². The lowest BCUT2D eigenvalue weighted by atomic mass is 10.1. The maximum Gasteiger partial charge on any atom is 0.340 e. The molecule has 0 amide bonds. The summed E-state index contributed by atoms with van der Waals surface area (Å²) >= 11 is 6.16. The fourth-order valence-electron chi connectivity index (χ4n) is 1.77. The number of hydrogen-bond acceptors (Lipinski definition) is 4. The molecule has 1 heterocycles. The van der Waals surface area contributed by atoms with Gasteiger partial charge in [-0.15, -0.1) is 0 Å². The monoisotopic (exact) mass is 264 g/mol. The van der Waals surface area contributed by atoms with Gasteiger partial charge in [0.05, 0.1) is 28.9 Å². The summed E-state index contributed by atoms with van der Waals surface area (Å²) in [4.78, 5) is 16.0. The SMILES string of the molecule is COC(=O)c1cc2cc(C)c(C)nc2c(Cl)c1N. The molecule has 0 saturated carbocycles. The second kappa shape index (κ2) is 4.46. The van der Waals surface area contributed by atoms with Gasteiger partial charge in [0.15, 0.2) is 0 Å². The normalized spacial score (nSPS) is 10.7. The van der Waals surface area contributed by atoms with Crippen molar-refractivity contribution in [3.63, 3.8) is 0 Å².